The fourth-order valence-corrected chi connectivity index (χ4v) is 2.09. The van der Waals surface area contributed by atoms with Gasteiger partial charge in [0.1, 0.15) is 5.78 Å². The standard InChI is InChI=1S/C11H21NO/c1-8(2)6-11(13)9-4-3-5-10(12)7-9/h8-10H,3-7,12H2,1-2H3. The minimum absolute atomic E-state index is 0.270. The molecule has 0 aliphatic heterocycles. The lowest BCUT2D eigenvalue weighted by molar-refractivity contribution is -0.124. The molecule has 0 spiro atoms. The number of rotatable bonds is 3. The molecule has 2 heteroatoms. The van der Waals surface area contributed by atoms with Crippen molar-refractivity contribution in [2.75, 3.05) is 0 Å². The Bertz CT molecular complexity index is 177. The average molecular weight is 183 g/mol. The second kappa shape index (κ2) is 4.75. The molecule has 2 atom stereocenters. The van der Waals surface area contributed by atoms with E-state index in [0.717, 1.165) is 32.1 Å². The third-order valence-corrected chi connectivity index (χ3v) is 2.78. The fourth-order valence-electron chi connectivity index (χ4n) is 2.09. The number of Topliss-reactive ketones (excluding diaryl/α,β-unsaturated/α-hetero) is 1. The van der Waals surface area contributed by atoms with Crippen LogP contribution in [0.4, 0.5) is 0 Å². The highest BCUT2D eigenvalue weighted by Gasteiger charge is 2.25. The topological polar surface area (TPSA) is 43.1 Å². The SMILES string of the molecule is CC(C)CC(=O)C1CCCC(N)C1. The Labute approximate surface area is 80.9 Å². The molecular formula is C11H21NO. The summed E-state index contributed by atoms with van der Waals surface area (Å²) >= 11 is 0. The Morgan fingerprint density at radius 2 is 2.15 bits per heavy atom. The first kappa shape index (κ1) is 10.7. The van der Waals surface area contributed by atoms with Crippen LogP contribution in [0, 0.1) is 11.8 Å². The van der Waals surface area contributed by atoms with Gasteiger partial charge in [-0.1, -0.05) is 20.3 Å². The molecule has 0 aromatic carbocycles. The highest BCUT2D eigenvalue weighted by atomic mass is 16.1. The second-order valence-corrected chi connectivity index (χ2v) is 4.69. The molecule has 0 saturated heterocycles. The second-order valence-electron chi connectivity index (χ2n) is 4.69. The zero-order valence-corrected chi connectivity index (χ0v) is 8.75. The first-order valence-electron chi connectivity index (χ1n) is 5.38. The van der Waals surface area contributed by atoms with Gasteiger partial charge < -0.3 is 5.73 Å². The third-order valence-electron chi connectivity index (χ3n) is 2.78. The molecule has 0 radical (unpaired) electrons. The van der Waals surface area contributed by atoms with Gasteiger partial charge in [-0.3, -0.25) is 4.79 Å². The smallest absolute Gasteiger partial charge is 0.136 e. The maximum atomic E-state index is 11.7. The Balaban J connectivity index is 2.37. The maximum Gasteiger partial charge on any atom is 0.136 e. The summed E-state index contributed by atoms with van der Waals surface area (Å²) in [6, 6.07) is 0.273. The minimum Gasteiger partial charge on any atom is -0.328 e. The number of carbonyl (C=O) groups is 1. The largest absolute Gasteiger partial charge is 0.328 e. The van der Waals surface area contributed by atoms with Crippen LogP contribution in [0.25, 0.3) is 0 Å². The Hall–Kier alpha value is -0.370. The predicted octanol–water partition coefficient (Wildman–Crippen LogP) is 2.12. The van der Waals surface area contributed by atoms with Gasteiger partial charge in [-0.15, -0.1) is 0 Å². The van der Waals surface area contributed by atoms with E-state index in [2.05, 4.69) is 13.8 Å². The van der Waals surface area contributed by atoms with Crippen molar-refractivity contribution in [3.05, 3.63) is 0 Å². The van der Waals surface area contributed by atoms with Gasteiger partial charge in [-0.05, 0) is 25.2 Å². The lowest BCUT2D eigenvalue weighted by atomic mass is 9.81. The quantitative estimate of drug-likeness (QED) is 0.728. The highest BCUT2D eigenvalue weighted by Crippen LogP contribution is 2.25. The molecule has 1 saturated carbocycles. The van der Waals surface area contributed by atoms with Crippen LogP contribution >= 0.6 is 0 Å². The highest BCUT2D eigenvalue weighted by molar-refractivity contribution is 5.81. The van der Waals surface area contributed by atoms with Crippen molar-refractivity contribution < 1.29 is 4.79 Å². The van der Waals surface area contributed by atoms with Gasteiger partial charge in [0.05, 0.1) is 0 Å². The van der Waals surface area contributed by atoms with Crippen molar-refractivity contribution in [1.29, 1.82) is 0 Å². The number of hydrogen-bond donors (Lipinski definition) is 1. The summed E-state index contributed by atoms with van der Waals surface area (Å²) in [5, 5.41) is 0. The van der Waals surface area contributed by atoms with E-state index in [-0.39, 0.29) is 12.0 Å². The Kier molecular flexibility index (Phi) is 3.91. The zero-order valence-electron chi connectivity index (χ0n) is 8.75. The van der Waals surface area contributed by atoms with Crippen LogP contribution in [-0.2, 0) is 4.79 Å². The van der Waals surface area contributed by atoms with E-state index in [4.69, 9.17) is 5.73 Å². The van der Waals surface area contributed by atoms with E-state index in [9.17, 15) is 4.79 Å². The summed E-state index contributed by atoms with van der Waals surface area (Å²) in [7, 11) is 0. The summed E-state index contributed by atoms with van der Waals surface area (Å²) in [4.78, 5) is 11.7. The van der Waals surface area contributed by atoms with E-state index in [1.807, 2.05) is 0 Å². The molecule has 1 fully saturated rings. The summed E-state index contributed by atoms with van der Waals surface area (Å²) in [6.07, 6.45) is 4.96. The van der Waals surface area contributed by atoms with Crippen molar-refractivity contribution >= 4 is 5.78 Å². The van der Waals surface area contributed by atoms with Gasteiger partial charge in [0.25, 0.3) is 0 Å². The molecule has 2 nitrogen and oxygen atoms in total. The van der Waals surface area contributed by atoms with Crippen LogP contribution in [-0.4, -0.2) is 11.8 Å². The van der Waals surface area contributed by atoms with Crippen LogP contribution in [0.1, 0.15) is 46.0 Å². The molecule has 76 valence electrons. The summed E-state index contributed by atoms with van der Waals surface area (Å²) in [6.45, 7) is 4.20. The third kappa shape index (κ3) is 3.47. The number of ketones is 1. The first-order valence-corrected chi connectivity index (χ1v) is 5.38. The molecular weight excluding hydrogens is 162 g/mol. The Morgan fingerprint density at radius 3 is 2.69 bits per heavy atom. The Morgan fingerprint density at radius 1 is 1.46 bits per heavy atom. The van der Waals surface area contributed by atoms with Gasteiger partial charge in [-0.2, -0.15) is 0 Å². The first-order chi connectivity index (χ1) is 6.09. The van der Waals surface area contributed by atoms with Crippen molar-refractivity contribution in [3.63, 3.8) is 0 Å². The van der Waals surface area contributed by atoms with Crippen molar-refractivity contribution in [2.45, 2.75) is 52.0 Å². The summed E-state index contributed by atoms with van der Waals surface area (Å²) in [5.41, 5.74) is 5.84. The van der Waals surface area contributed by atoms with Crippen LogP contribution in [0.5, 0.6) is 0 Å². The number of carbonyl (C=O) groups excluding carboxylic acids is 1. The number of nitrogens with two attached hydrogens (primary N) is 1. The average Bonchev–Trinajstić information content (AvgIpc) is 2.03. The van der Waals surface area contributed by atoms with Crippen molar-refractivity contribution in [1.82, 2.24) is 0 Å². The molecule has 0 aromatic rings. The van der Waals surface area contributed by atoms with Crippen molar-refractivity contribution in [2.24, 2.45) is 17.6 Å². The molecule has 2 unspecified atom stereocenters. The van der Waals surface area contributed by atoms with Gasteiger partial charge in [-0.25, -0.2) is 0 Å². The van der Waals surface area contributed by atoms with Crippen LogP contribution in [0.15, 0.2) is 0 Å². The molecule has 0 bridgehead atoms. The normalized spacial score (nSPS) is 29.2. The van der Waals surface area contributed by atoms with Crippen LogP contribution < -0.4 is 5.73 Å². The van der Waals surface area contributed by atoms with Crippen LogP contribution in [0.2, 0.25) is 0 Å². The minimum atomic E-state index is 0.270. The fraction of sp³-hybridized carbons (Fsp3) is 0.909. The monoisotopic (exact) mass is 183 g/mol. The van der Waals surface area contributed by atoms with Gasteiger partial charge in [0.2, 0.25) is 0 Å². The number of hydrogen-bond acceptors (Lipinski definition) is 2. The predicted molar refractivity (Wildman–Crippen MR) is 54.4 cm³/mol. The molecule has 1 aliphatic rings. The summed E-state index contributed by atoms with van der Waals surface area (Å²) in [5.74, 6) is 1.20. The summed E-state index contributed by atoms with van der Waals surface area (Å²) < 4.78 is 0. The maximum absolute atomic E-state index is 11.7. The van der Waals surface area contributed by atoms with Gasteiger partial charge >= 0.3 is 0 Å². The van der Waals surface area contributed by atoms with Crippen LogP contribution in [0.3, 0.4) is 0 Å². The lowest BCUT2D eigenvalue weighted by Crippen LogP contribution is -2.31. The van der Waals surface area contributed by atoms with E-state index in [1.54, 1.807) is 0 Å². The van der Waals surface area contributed by atoms with E-state index < -0.39 is 0 Å². The lowest BCUT2D eigenvalue weighted by Gasteiger charge is -2.25. The zero-order chi connectivity index (χ0) is 9.84. The molecule has 0 aromatic heterocycles. The molecule has 1 rings (SSSR count). The molecule has 2 N–H and O–H groups in total. The van der Waals surface area contributed by atoms with Crippen molar-refractivity contribution in [3.8, 4) is 0 Å². The molecule has 0 heterocycles. The van der Waals surface area contributed by atoms with E-state index in [0.29, 0.717) is 11.7 Å². The van der Waals surface area contributed by atoms with Gasteiger partial charge in [0.15, 0.2) is 0 Å². The van der Waals surface area contributed by atoms with Gasteiger partial charge in [0, 0.05) is 18.4 Å². The van der Waals surface area contributed by atoms with E-state index in [1.165, 1.54) is 0 Å². The molecule has 13 heavy (non-hydrogen) atoms. The van der Waals surface area contributed by atoms with E-state index >= 15 is 0 Å². The molecule has 1 aliphatic carbocycles. The molecule has 0 amide bonds.